The Morgan fingerprint density at radius 1 is 0.903 bits per heavy atom. The van der Waals surface area contributed by atoms with Crippen LogP contribution in [-0.2, 0) is 0 Å². The summed E-state index contributed by atoms with van der Waals surface area (Å²) >= 11 is 3.54. The summed E-state index contributed by atoms with van der Waals surface area (Å²) in [5.74, 6) is 0.969. The third-order valence-electron chi connectivity index (χ3n) is 5.97. The molecule has 31 heavy (non-hydrogen) atoms. The fraction of sp³-hybridized carbons (Fsp3) is 0.115. The molecule has 1 unspecified atom stereocenters. The van der Waals surface area contributed by atoms with E-state index in [-0.39, 0.29) is 6.10 Å². The highest BCUT2D eigenvalue weighted by atomic mass is 79.9. The van der Waals surface area contributed by atoms with Gasteiger partial charge in [-0.25, -0.2) is 0 Å². The van der Waals surface area contributed by atoms with Crippen molar-refractivity contribution in [3.8, 4) is 11.4 Å². The zero-order chi connectivity index (χ0) is 20.9. The van der Waals surface area contributed by atoms with Crippen LogP contribution in [0.5, 0.6) is 5.75 Å². The molecule has 1 atom stereocenters. The van der Waals surface area contributed by atoms with Gasteiger partial charge in [-0.1, -0.05) is 52.3 Å². The van der Waals surface area contributed by atoms with Gasteiger partial charge in [0, 0.05) is 40.5 Å². The van der Waals surface area contributed by atoms with Gasteiger partial charge in [0.1, 0.15) is 11.9 Å². The fourth-order valence-electron chi connectivity index (χ4n) is 4.60. The SMILES string of the molecule is C/N=c1/n(C2=CCC3Oc4ccccc4C3=C2)c2ccccc2n1-c1ccc(Br)cc1. The molecule has 0 N–H and O–H groups in total. The van der Waals surface area contributed by atoms with Crippen LogP contribution in [0.2, 0.25) is 0 Å². The van der Waals surface area contributed by atoms with Crippen molar-refractivity contribution >= 4 is 38.2 Å². The first-order valence-corrected chi connectivity index (χ1v) is 11.1. The molecule has 4 aromatic rings. The van der Waals surface area contributed by atoms with Gasteiger partial charge < -0.3 is 4.74 Å². The minimum Gasteiger partial charge on any atom is -0.485 e. The minimum absolute atomic E-state index is 0.0867. The van der Waals surface area contributed by atoms with Gasteiger partial charge in [0.15, 0.2) is 0 Å². The van der Waals surface area contributed by atoms with Gasteiger partial charge in [0.05, 0.1) is 11.0 Å². The summed E-state index contributed by atoms with van der Waals surface area (Å²) in [4.78, 5) is 4.72. The summed E-state index contributed by atoms with van der Waals surface area (Å²) in [5.41, 5.74) is 7.76. The van der Waals surface area contributed by atoms with E-state index in [4.69, 9.17) is 9.73 Å². The van der Waals surface area contributed by atoms with E-state index in [1.54, 1.807) is 0 Å². The monoisotopic (exact) mass is 469 g/mol. The van der Waals surface area contributed by atoms with Gasteiger partial charge in [-0.2, -0.15) is 0 Å². The number of nitrogens with zero attached hydrogens (tertiary/aromatic N) is 3. The third-order valence-corrected chi connectivity index (χ3v) is 6.49. The molecule has 0 saturated heterocycles. The number of rotatable bonds is 2. The summed E-state index contributed by atoms with van der Waals surface area (Å²) in [5, 5.41) is 0. The molecule has 0 radical (unpaired) electrons. The lowest BCUT2D eigenvalue weighted by molar-refractivity contribution is 0.279. The predicted octanol–water partition coefficient (Wildman–Crippen LogP) is 5.81. The Bertz CT molecular complexity index is 1450. The summed E-state index contributed by atoms with van der Waals surface area (Å²) < 4.78 is 11.7. The van der Waals surface area contributed by atoms with E-state index < -0.39 is 0 Å². The topological polar surface area (TPSA) is 31.4 Å². The molecule has 6 rings (SSSR count). The van der Waals surface area contributed by atoms with Crippen LogP contribution in [-0.4, -0.2) is 22.3 Å². The van der Waals surface area contributed by atoms with E-state index in [2.05, 4.69) is 97.9 Å². The number of hydrogen-bond acceptors (Lipinski definition) is 2. The minimum atomic E-state index is 0.0867. The molecule has 152 valence electrons. The first kappa shape index (κ1) is 18.5. The standard InChI is InChI=1S/C26H20BrN3O/c1-28-26-29(18-12-10-17(27)11-13-18)22-7-3-4-8-23(22)30(26)19-14-15-25-21(16-19)20-6-2-5-9-24(20)31-25/h2-14,16,25H,15H2,1H3/b28-26+. The highest BCUT2D eigenvalue weighted by molar-refractivity contribution is 9.10. The largest absolute Gasteiger partial charge is 0.485 e. The molecule has 0 fully saturated rings. The van der Waals surface area contributed by atoms with Crippen molar-refractivity contribution in [2.45, 2.75) is 12.5 Å². The maximum absolute atomic E-state index is 6.17. The van der Waals surface area contributed by atoms with Crippen LogP contribution in [0, 0.1) is 0 Å². The number of ether oxygens (including phenoxy) is 1. The van der Waals surface area contributed by atoms with Crippen LogP contribution in [0.4, 0.5) is 0 Å². The summed E-state index contributed by atoms with van der Waals surface area (Å²) in [6.45, 7) is 0. The average molecular weight is 470 g/mol. The molecular weight excluding hydrogens is 450 g/mol. The number of para-hydroxylation sites is 3. The van der Waals surface area contributed by atoms with Gasteiger partial charge in [0.2, 0.25) is 5.62 Å². The molecule has 2 heterocycles. The van der Waals surface area contributed by atoms with Gasteiger partial charge >= 0.3 is 0 Å². The molecular formula is C26H20BrN3O. The summed E-state index contributed by atoms with van der Waals surface area (Å²) in [6, 6.07) is 25.1. The average Bonchev–Trinajstić information content (AvgIpc) is 3.34. The zero-order valence-corrected chi connectivity index (χ0v) is 18.6. The highest BCUT2D eigenvalue weighted by Gasteiger charge is 2.30. The Kier molecular flexibility index (Phi) is 4.25. The van der Waals surface area contributed by atoms with Crippen LogP contribution in [0.3, 0.4) is 0 Å². The second kappa shape index (κ2) is 7.13. The first-order chi connectivity index (χ1) is 15.2. The molecule has 0 amide bonds. The van der Waals surface area contributed by atoms with Crippen molar-refractivity contribution in [2.75, 3.05) is 7.05 Å². The molecule has 0 spiro atoms. The number of imidazole rings is 1. The van der Waals surface area contributed by atoms with Crippen LogP contribution in [0.25, 0.3) is 28.0 Å². The molecule has 0 saturated carbocycles. The van der Waals surface area contributed by atoms with Crippen LogP contribution in [0.15, 0.2) is 94.4 Å². The second-order valence-corrected chi connectivity index (χ2v) is 8.64. The van der Waals surface area contributed by atoms with Gasteiger partial charge in [0.25, 0.3) is 0 Å². The molecule has 2 aliphatic rings. The number of allylic oxidation sites excluding steroid dienone is 2. The Labute approximate surface area is 188 Å². The Morgan fingerprint density at radius 3 is 2.39 bits per heavy atom. The maximum Gasteiger partial charge on any atom is 0.215 e. The van der Waals surface area contributed by atoms with Gasteiger partial charge in [-0.15, -0.1) is 0 Å². The number of fused-ring (bicyclic) bond motifs is 4. The van der Waals surface area contributed by atoms with Gasteiger partial charge in [-0.05, 0) is 48.5 Å². The quantitative estimate of drug-likeness (QED) is 0.364. The fourth-order valence-corrected chi connectivity index (χ4v) is 4.87. The van der Waals surface area contributed by atoms with Crippen LogP contribution < -0.4 is 10.4 Å². The van der Waals surface area contributed by atoms with Crippen molar-refractivity contribution < 1.29 is 4.74 Å². The van der Waals surface area contributed by atoms with E-state index in [1.807, 2.05) is 19.2 Å². The smallest absolute Gasteiger partial charge is 0.215 e. The summed E-state index contributed by atoms with van der Waals surface area (Å²) in [6.07, 6.45) is 5.44. The van der Waals surface area contributed by atoms with E-state index in [0.717, 1.165) is 44.7 Å². The number of halogens is 1. The van der Waals surface area contributed by atoms with Crippen molar-refractivity contribution in [1.82, 2.24) is 9.13 Å². The Balaban J connectivity index is 1.60. The lowest BCUT2D eigenvalue weighted by atomic mass is 9.95. The van der Waals surface area contributed by atoms with Gasteiger partial charge in [-0.3, -0.25) is 14.1 Å². The molecule has 1 aliphatic heterocycles. The number of hydrogen-bond donors (Lipinski definition) is 0. The molecule has 1 aromatic heterocycles. The lowest BCUT2D eigenvalue weighted by Gasteiger charge is -2.18. The Morgan fingerprint density at radius 2 is 1.61 bits per heavy atom. The molecule has 0 bridgehead atoms. The number of benzene rings is 3. The highest BCUT2D eigenvalue weighted by Crippen LogP contribution is 2.42. The first-order valence-electron chi connectivity index (χ1n) is 10.3. The lowest BCUT2D eigenvalue weighted by Crippen LogP contribution is -2.25. The molecule has 3 aromatic carbocycles. The second-order valence-electron chi connectivity index (χ2n) is 7.73. The van der Waals surface area contributed by atoms with Crippen molar-refractivity contribution in [1.29, 1.82) is 0 Å². The van der Waals surface area contributed by atoms with E-state index >= 15 is 0 Å². The van der Waals surface area contributed by atoms with E-state index in [0.29, 0.717) is 0 Å². The zero-order valence-electron chi connectivity index (χ0n) is 17.0. The molecule has 1 aliphatic carbocycles. The van der Waals surface area contributed by atoms with Crippen molar-refractivity contribution in [3.63, 3.8) is 0 Å². The van der Waals surface area contributed by atoms with Crippen LogP contribution >= 0.6 is 15.9 Å². The van der Waals surface area contributed by atoms with Crippen LogP contribution in [0.1, 0.15) is 12.0 Å². The third kappa shape index (κ3) is 2.84. The molecule has 5 heteroatoms. The van der Waals surface area contributed by atoms with Crippen molar-refractivity contribution in [3.05, 3.63) is 101 Å². The normalized spacial score (nSPS) is 17.7. The maximum atomic E-state index is 6.17. The van der Waals surface area contributed by atoms with Crippen molar-refractivity contribution in [2.24, 2.45) is 4.99 Å². The number of aromatic nitrogens is 2. The summed E-state index contributed by atoms with van der Waals surface area (Å²) in [7, 11) is 1.85. The van der Waals surface area contributed by atoms with E-state index in [1.165, 1.54) is 11.1 Å². The Hall–Kier alpha value is -3.31. The van der Waals surface area contributed by atoms with E-state index in [9.17, 15) is 0 Å². The predicted molar refractivity (Wildman–Crippen MR) is 128 cm³/mol. The molecule has 4 nitrogen and oxygen atoms in total.